The smallest absolute Gasteiger partial charge is 0.307 e. The molecule has 34 heavy (non-hydrogen) atoms. The Labute approximate surface area is 195 Å². The van der Waals surface area contributed by atoms with Gasteiger partial charge in [0.2, 0.25) is 12.2 Å². The molecular weight excluding hydrogens is 442 g/mol. The second-order valence-corrected chi connectivity index (χ2v) is 7.65. The highest BCUT2D eigenvalue weighted by atomic mass is 16.5. The van der Waals surface area contributed by atoms with E-state index in [1.165, 1.54) is 27.5 Å². The Bertz CT molecular complexity index is 1210. The number of ketones is 1. The number of carboxylic acids is 1. The molecule has 0 spiro atoms. The first-order valence-corrected chi connectivity index (χ1v) is 10.3. The first kappa shape index (κ1) is 22.8. The number of fused-ring (bicyclic) bond motifs is 3. The number of hydrogen-bond acceptors (Lipinski definition) is 8. The lowest BCUT2D eigenvalue weighted by atomic mass is 9.90. The number of ether oxygens (including phenoxy) is 3. The van der Waals surface area contributed by atoms with Crippen LogP contribution < -0.4 is 24.4 Å². The van der Waals surface area contributed by atoms with Crippen molar-refractivity contribution < 1.29 is 33.7 Å². The summed E-state index contributed by atoms with van der Waals surface area (Å²) in [6, 6.07) is 7.02. The molecule has 2 N–H and O–H groups in total. The number of nitrogens with zero attached hydrogens (tertiary/aromatic N) is 2. The summed E-state index contributed by atoms with van der Waals surface area (Å²) in [5.74, 6) is -0.591. The standard InChI is InChI=1S/C24H23N3O7/c1-32-18-6-13(7-19(33-2)24(18)34-3)11-27-15-5-4-14(8-20(30)31)23(26-12-28)22(15)21-16(27)9-25-10-17(21)29/h4-7,9-10,12,21H,8,11H2,1-3H3,(H,26,28)(H,30,31). The fourth-order valence-electron chi connectivity index (χ4n) is 4.44. The average molecular weight is 465 g/mol. The van der Waals surface area contributed by atoms with Crippen LogP contribution in [0, 0.1) is 0 Å². The SMILES string of the molecule is COc1cc(CN2C3=CN=CC(=O)C3c3c2ccc(CC(=O)O)c3NC=O)cc(OC)c1OC. The molecule has 0 saturated carbocycles. The fraction of sp³-hybridized carbons (Fsp3) is 0.250. The van der Waals surface area contributed by atoms with Crippen molar-refractivity contribution in [1.82, 2.24) is 0 Å². The summed E-state index contributed by atoms with van der Waals surface area (Å²) < 4.78 is 16.3. The third-order valence-corrected chi connectivity index (χ3v) is 5.80. The number of benzene rings is 2. The maximum atomic E-state index is 12.9. The summed E-state index contributed by atoms with van der Waals surface area (Å²) in [5.41, 5.74) is 3.37. The van der Waals surface area contributed by atoms with Crippen LogP contribution in [0.15, 0.2) is 41.2 Å². The van der Waals surface area contributed by atoms with Gasteiger partial charge < -0.3 is 29.5 Å². The summed E-state index contributed by atoms with van der Waals surface area (Å²) >= 11 is 0. The highest BCUT2D eigenvalue weighted by Gasteiger charge is 2.42. The Morgan fingerprint density at radius 1 is 1.18 bits per heavy atom. The first-order chi connectivity index (χ1) is 16.4. The van der Waals surface area contributed by atoms with E-state index in [4.69, 9.17) is 14.2 Å². The monoisotopic (exact) mass is 465 g/mol. The van der Waals surface area contributed by atoms with E-state index >= 15 is 0 Å². The lowest BCUT2D eigenvalue weighted by Gasteiger charge is -2.24. The highest BCUT2D eigenvalue weighted by molar-refractivity contribution is 6.33. The van der Waals surface area contributed by atoms with Gasteiger partial charge in [0.15, 0.2) is 17.3 Å². The van der Waals surface area contributed by atoms with Gasteiger partial charge in [0.05, 0.1) is 51.3 Å². The van der Waals surface area contributed by atoms with Gasteiger partial charge in [-0.2, -0.15) is 0 Å². The molecule has 0 radical (unpaired) electrons. The molecule has 2 aromatic rings. The van der Waals surface area contributed by atoms with E-state index in [9.17, 15) is 19.5 Å². The van der Waals surface area contributed by atoms with Crippen LogP contribution in [-0.4, -0.2) is 50.8 Å². The Kier molecular flexibility index (Phi) is 6.22. The van der Waals surface area contributed by atoms with Crippen molar-refractivity contribution in [3.8, 4) is 17.2 Å². The first-order valence-electron chi connectivity index (χ1n) is 10.3. The molecule has 10 heteroatoms. The van der Waals surface area contributed by atoms with Gasteiger partial charge in [-0.15, -0.1) is 0 Å². The number of carbonyl (C=O) groups excluding carboxylic acids is 2. The molecule has 0 bridgehead atoms. The van der Waals surface area contributed by atoms with E-state index in [2.05, 4.69) is 10.3 Å². The Balaban J connectivity index is 1.86. The molecule has 1 amide bonds. The highest BCUT2D eigenvalue weighted by Crippen LogP contribution is 2.50. The van der Waals surface area contributed by atoms with Gasteiger partial charge in [-0.1, -0.05) is 6.07 Å². The molecule has 176 valence electrons. The maximum absolute atomic E-state index is 12.9. The molecule has 0 aliphatic carbocycles. The van der Waals surface area contributed by atoms with Crippen LogP contribution in [0.3, 0.4) is 0 Å². The van der Waals surface area contributed by atoms with E-state index < -0.39 is 11.9 Å². The van der Waals surface area contributed by atoms with E-state index in [0.29, 0.717) is 58.4 Å². The Morgan fingerprint density at radius 3 is 2.47 bits per heavy atom. The number of anilines is 2. The zero-order chi connectivity index (χ0) is 24.4. The van der Waals surface area contributed by atoms with Crippen molar-refractivity contribution in [3.63, 3.8) is 0 Å². The van der Waals surface area contributed by atoms with Crippen LogP contribution in [0.1, 0.15) is 22.6 Å². The summed E-state index contributed by atoms with van der Waals surface area (Å²) in [7, 11) is 4.58. The minimum atomic E-state index is -1.05. The molecule has 0 saturated heterocycles. The minimum Gasteiger partial charge on any atom is -0.493 e. The van der Waals surface area contributed by atoms with Crippen molar-refractivity contribution >= 4 is 35.8 Å². The number of aliphatic carboxylic acids is 1. The molecule has 2 aliphatic rings. The minimum absolute atomic E-state index is 0.257. The van der Waals surface area contributed by atoms with Crippen LogP contribution in [0.4, 0.5) is 11.4 Å². The molecule has 2 aliphatic heterocycles. The Morgan fingerprint density at radius 2 is 1.88 bits per heavy atom. The quantitative estimate of drug-likeness (QED) is 0.541. The third-order valence-electron chi connectivity index (χ3n) is 5.80. The molecule has 0 fully saturated rings. The zero-order valence-corrected chi connectivity index (χ0v) is 18.8. The van der Waals surface area contributed by atoms with Crippen LogP contribution >= 0.6 is 0 Å². The van der Waals surface area contributed by atoms with E-state index in [-0.39, 0.29) is 12.2 Å². The number of nitrogens with one attached hydrogen (secondary N) is 1. The summed E-state index contributed by atoms with van der Waals surface area (Å²) in [5, 5.41) is 11.9. The van der Waals surface area contributed by atoms with Gasteiger partial charge in [-0.25, -0.2) is 0 Å². The number of aliphatic imine (C=N–C) groups is 1. The van der Waals surface area contributed by atoms with Crippen LogP contribution in [0.25, 0.3) is 0 Å². The number of carbonyl (C=O) groups is 3. The van der Waals surface area contributed by atoms with Gasteiger partial charge in [-0.05, 0) is 29.3 Å². The number of methoxy groups -OCH3 is 3. The molecule has 1 unspecified atom stereocenters. The maximum Gasteiger partial charge on any atom is 0.307 e. The lowest BCUT2D eigenvalue weighted by Crippen LogP contribution is -2.24. The molecule has 2 heterocycles. The van der Waals surface area contributed by atoms with Crippen molar-refractivity contribution in [1.29, 1.82) is 0 Å². The molecule has 0 aromatic heterocycles. The van der Waals surface area contributed by atoms with Gasteiger partial charge in [-0.3, -0.25) is 19.4 Å². The number of rotatable bonds is 9. The summed E-state index contributed by atoms with van der Waals surface area (Å²) in [4.78, 5) is 41.7. The van der Waals surface area contributed by atoms with E-state index in [0.717, 1.165) is 5.56 Å². The lowest BCUT2D eigenvalue weighted by molar-refractivity contribution is -0.136. The number of carboxylic acid groups (broad SMARTS) is 1. The van der Waals surface area contributed by atoms with Crippen LogP contribution in [0.2, 0.25) is 0 Å². The van der Waals surface area contributed by atoms with Crippen LogP contribution in [-0.2, 0) is 27.3 Å². The molecular formula is C24H23N3O7. The second kappa shape index (κ2) is 9.26. The largest absolute Gasteiger partial charge is 0.493 e. The van der Waals surface area contributed by atoms with Gasteiger partial charge in [0.1, 0.15) is 0 Å². The van der Waals surface area contributed by atoms with E-state index in [1.54, 1.807) is 18.3 Å². The normalized spacial score (nSPS) is 15.9. The second-order valence-electron chi connectivity index (χ2n) is 7.65. The topological polar surface area (TPSA) is 127 Å². The summed E-state index contributed by atoms with van der Waals surface area (Å²) in [6.45, 7) is 0.327. The Hall–Kier alpha value is -4.34. The molecule has 1 atom stereocenters. The number of hydrogen-bond donors (Lipinski definition) is 2. The molecule has 2 aromatic carbocycles. The summed E-state index contributed by atoms with van der Waals surface area (Å²) in [6.07, 6.45) is 3.01. The number of amides is 1. The fourth-order valence-corrected chi connectivity index (χ4v) is 4.44. The molecule has 4 rings (SSSR count). The zero-order valence-electron chi connectivity index (χ0n) is 18.8. The van der Waals surface area contributed by atoms with Crippen LogP contribution in [0.5, 0.6) is 17.2 Å². The predicted octanol–water partition coefficient (Wildman–Crippen LogP) is 2.51. The third kappa shape index (κ3) is 3.83. The van der Waals surface area contributed by atoms with Gasteiger partial charge in [0, 0.05) is 24.0 Å². The van der Waals surface area contributed by atoms with Crippen molar-refractivity contribution in [2.24, 2.45) is 4.99 Å². The van der Waals surface area contributed by atoms with Gasteiger partial charge >= 0.3 is 5.97 Å². The van der Waals surface area contributed by atoms with E-state index in [1.807, 2.05) is 17.0 Å². The predicted molar refractivity (Wildman–Crippen MR) is 124 cm³/mol. The number of Topliss-reactive ketones (excluding diaryl/α,β-unsaturated/α-hetero) is 1. The van der Waals surface area contributed by atoms with Gasteiger partial charge in [0.25, 0.3) is 0 Å². The van der Waals surface area contributed by atoms with Crippen molar-refractivity contribution in [2.75, 3.05) is 31.5 Å². The molecule has 10 nitrogen and oxygen atoms in total. The number of allylic oxidation sites excluding steroid dienone is 1. The van der Waals surface area contributed by atoms with Crippen molar-refractivity contribution in [3.05, 3.63) is 52.9 Å². The average Bonchev–Trinajstić information content (AvgIpc) is 3.14. The van der Waals surface area contributed by atoms with Crippen molar-refractivity contribution in [2.45, 2.75) is 18.9 Å².